The maximum Gasteiger partial charge on any atom is 0.358 e. The summed E-state index contributed by atoms with van der Waals surface area (Å²) in [5, 5.41) is 3.01. The molecule has 5 nitrogen and oxygen atoms in total. The molecule has 5 heteroatoms. The maximum absolute atomic E-state index is 11.2. The van der Waals surface area contributed by atoms with E-state index in [2.05, 4.69) is 31.9 Å². The minimum atomic E-state index is -0.496. The van der Waals surface area contributed by atoms with Crippen LogP contribution in [0.5, 0.6) is 0 Å². The van der Waals surface area contributed by atoms with Gasteiger partial charge in [0.25, 0.3) is 0 Å². The molecule has 0 aliphatic carbocycles. The number of aromatic nitrogens is 2. The van der Waals surface area contributed by atoms with Crippen LogP contribution in [-0.2, 0) is 4.74 Å². The van der Waals surface area contributed by atoms with Gasteiger partial charge in [-0.05, 0) is 6.92 Å². The Bertz CT molecular complexity index is 421. The summed E-state index contributed by atoms with van der Waals surface area (Å²) in [5.74, 6) is 5.75. The number of hydrogen-bond acceptors (Lipinski definition) is 5. The highest BCUT2D eigenvalue weighted by Crippen LogP contribution is 2.03. The van der Waals surface area contributed by atoms with Crippen molar-refractivity contribution in [2.45, 2.75) is 13.3 Å². The van der Waals surface area contributed by atoms with Crippen molar-refractivity contribution in [1.82, 2.24) is 9.97 Å². The highest BCUT2D eigenvalue weighted by Gasteiger charge is 2.07. The van der Waals surface area contributed by atoms with Crippen LogP contribution in [0.1, 0.15) is 23.8 Å². The summed E-state index contributed by atoms with van der Waals surface area (Å²) in [7, 11) is 1.31. The third-order valence-corrected chi connectivity index (χ3v) is 1.76. The van der Waals surface area contributed by atoms with Crippen molar-refractivity contribution in [3.05, 3.63) is 18.1 Å². The van der Waals surface area contributed by atoms with Gasteiger partial charge in [0.2, 0.25) is 0 Å². The molecule has 0 aromatic carbocycles. The Morgan fingerprint density at radius 1 is 1.56 bits per heavy atom. The number of esters is 1. The van der Waals surface area contributed by atoms with E-state index in [4.69, 9.17) is 0 Å². The number of nitrogens with zero attached hydrogens (tertiary/aromatic N) is 2. The minimum Gasteiger partial charge on any atom is -0.464 e. The Labute approximate surface area is 94.2 Å². The van der Waals surface area contributed by atoms with Gasteiger partial charge in [0, 0.05) is 13.0 Å². The molecule has 1 aromatic rings. The molecule has 0 radical (unpaired) electrons. The zero-order valence-electron chi connectivity index (χ0n) is 9.28. The SMILES string of the molecule is CC#CCCNc1cncc(C(=O)OC)n1. The van der Waals surface area contributed by atoms with Crippen LogP contribution < -0.4 is 5.32 Å². The number of nitrogens with one attached hydrogen (secondary N) is 1. The highest BCUT2D eigenvalue weighted by atomic mass is 16.5. The molecular formula is C11H13N3O2. The number of anilines is 1. The van der Waals surface area contributed by atoms with E-state index in [1.807, 2.05) is 0 Å². The molecule has 1 aromatic heterocycles. The summed E-state index contributed by atoms with van der Waals surface area (Å²) in [6, 6.07) is 0. The number of carbonyl (C=O) groups is 1. The Kier molecular flexibility index (Phi) is 4.80. The van der Waals surface area contributed by atoms with E-state index in [9.17, 15) is 4.79 Å². The van der Waals surface area contributed by atoms with E-state index in [1.54, 1.807) is 13.1 Å². The fourth-order valence-electron chi connectivity index (χ4n) is 1.03. The van der Waals surface area contributed by atoms with Crippen LogP contribution in [0.4, 0.5) is 5.82 Å². The minimum absolute atomic E-state index is 0.189. The summed E-state index contributed by atoms with van der Waals surface area (Å²) in [6.07, 6.45) is 3.63. The van der Waals surface area contributed by atoms with Gasteiger partial charge in [-0.25, -0.2) is 9.78 Å². The number of carbonyl (C=O) groups excluding carboxylic acids is 1. The van der Waals surface area contributed by atoms with E-state index >= 15 is 0 Å². The third-order valence-electron chi connectivity index (χ3n) is 1.76. The van der Waals surface area contributed by atoms with E-state index in [0.29, 0.717) is 12.4 Å². The van der Waals surface area contributed by atoms with E-state index in [1.165, 1.54) is 13.3 Å². The van der Waals surface area contributed by atoms with E-state index < -0.39 is 5.97 Å². The van der Waals surface area contributed by atoms with Gasteiger partial charge in [0.1, 0.15) is 5.82 Å². The summed E-state index contributed by atoms with van der Waals surface area (Å²) in [4.78, 5) is 19.1. The van der Waals surface area contributed by atoms with Gasteiger partial charge in [-0.2, -0.15) is 0 Å². The van der Waals surface area contributed by atoms with Crippen LogP contribution in [-0.4, -0.2) is 29.6 Å². The molecule has 84 valence electrons. The maximum atomic E-state index is 11.2. The van der Waals surface area contributed by atoms with Crippen LogP contribution in [0.2, 0.25) is 0 Å². The number of ether oxygens (including phenoxy) is 1. The fraction of sp³-hybridized carbons (Fsp3) is 0.364. The van der Waals surface area contributed by atoms with E-state index in [-0.39, 0.29) is 5.69 Å². The number of rotatable bonds is 4. The second-order valence-electron chi connectivity index (χ2n) is 2.88. The summed E-state index contributed by atoms with van der Waals surface area (Å²) in [6.45, 7) is 2.46. The lowest BCUT2D eigenvalue weighted by atomic mass is 10.4. The lowest BCUT2D eigenvalue weighted by molar-refractivity contribution is 0.0593. The van der Waals surface area contributed by atoms with Gasteiger partial charge in [-0.1, -0.05) is 0 Å². The Balaban J connectivity index is 2.59. The van der Waals surface area contributed by atoms with Crippen molar-refractivity contribution in [3.63, 3.8) is 0 Å². The molecule has 0 atom stereocenters. The first-order valence-corrected chi connectivity index (χ1v) is 4.81. The van der Waals surface area contributed by atoms with Gasteiger partial charge >= 0.3 is 5.97 Å². The molecule has 0 bridgehead atoms. The molecule has 1 rings (SSSR count). The third kappa shape index (κ3) is 3.58. The molecule has 1 N–H and O–H groups in total. The molecular weight excluding hydrogens is 206 g/mol. The zero-order valence-corrected chi connectivity index (χ0v) is 9.28. The molecule has 0 saturated heterocycles. The quantitative estimate of drug-likeness (QED) is 0.466. The Morgan fingerprint density at radius 3 is 3.06 bits per heavy atom. The standard InChI is InChI=1S/C11H13N3O2/c1-3-4-5-6-13-10-8-12-7-9(14-10)11(15)16-2/h7-8H,5-6H2,1-2H3,(H,13,14). The second-order valence-corrected chi connectivity index (χ2v) is 2.88. The molecule has 0 aliphatic rings. The average molecular weight is 219 g/mol. The van der Waals surface area contributed by atoms with Gasteiger partial charge in [-0.3, -0.25) is 4.98 Å². The van der Waals surface area contributed by atoms with Crippen molar-refractivity contribution in [2.24, 2.45) is 0 Å². The molecule has 0 unspecified atom stereocenters. The normalized spacial score (nSPS) is 8.88. The predicted octanol–water partition coefficient (Wildman–Crippen LogP) is 1.09. The van der Waals surface area contributed by atoms with Crippen LogP contribution >= 0.6 is 0 Å². The predicted molar refractivity (Wildman–Crippen MR) is 59.9 cm³/mol. The van der Waals surface area contributed by atoms with Crippen molar-refractivity contribution >= 4 is 11.8 Å². The fourth-order valence-corrected chi connectivity index (χ4v) is 1.03. The molecule has 0 saturated carbocycles. The molecule has 1 heterocycles. The number of methoxy groups -OCH3 is 1. The van der Waals surface area contributed by atoms with Gasteiger partial charge in [0.05, 0.1) is 19.5 Å². The smallest absolute Gasteiger partial charge is 0.358 e. The van der Waals surface area contributed by atoms with Gasteiger partial charge < -0.3 is 10.1 Å². The largest absolute Gasteiger partial charge is 0.464 e. The zero-order chi connectivity index (χ0) is 11.8. The molecule has 0 amide bonds. The topological polar surface area (TPSA) is 64.1 Å². The van der Waals surface area contributed by atoms with E-state index in [0.717, 1.165) is 6.42 Å². The summed E-state index contributed by atoms with van der Waals surface area (Å²) >= 11 is 0. The summed E-state index contributed by atoms with van der Waals surface area (Å²) < 4.78 is 4.54. The Hall–Kier alpha value is -2.09. The van der Waals surface area contributed by atoms with Crippen LogP contribution in [0.3, 0.4) is 0 Å². The number of hydrogen-bond donors (Lipinski definition) is 1. The van der Waals surface area contributed by atoms with Crippen LogP contribution in [0, 0.1) is 11.8 Å². The average Bonchev–Trinajstić information content (AvgIpc) is 2.34. The van der Waals surface area contributed by atoms with Gasteiger partial charge in [-0.15, -0.1) is 11.8 Å². The van der Waals surface area contributed by atoms with Crippen molar-refractivity contribution in [3.8, 4) is 11.8 Å². The first kappa shape index (κ1) is 12.0. The van der Waals surface area contributed by atoms with Crippen molar-refractivity contribution < 1.29 is 9.53 Å². The highest BCUT2D eigenvalue weighted by molar-refractivity contribution is 5.87. The van der Waals surface area contributed by atoms with Crippen molar-refractivity contribution in [2.75, 3.05) is 19.0 Å². The lowest BCUT2D eigenvalue weighted by Gasteiger charge is -2.03. The first-order valence-electron chi connectivity index (χ1n) is 4.81. The second kappa shape index (κ2) is 6.40. The molecule has 0 aliphatic heterocycles. The van der Waals surface area contributed by atoms with Crippen LogP contribution in [0.25, 0.3) is 0 Å². The Morgan fingerprint density at radius 2 is 2.38 bits per heavy atom. The molecule has 16 heavy (non-hydrogen) atoms. The van der Waals surface area contributed by atoms with Gasteiger partial charge in [0.15, 0.2) is 5.69 Å². The molecule has 0 spiro atoms. The monoisotopic (exact) mass is 219 g/mol. The lowest BCUT2D eigenvalue weighted by Crippen LogP contribution is -2.09. The van der Waals surface area contributed by atoms with Crippen LogP contribution in [0.15, 0.2) is 12.4 Å². The first-order chi connectivity index (χ1) is 7.77. The summed E-state index contributed by atoms with van der Waals surface area (Å²) in [5.41, 5.74) is 0.189. The van der Waals surface area contributed by atoms with Crippen molar-refractivity contribution in [1.29, 1.82) is 0 Å². The molecule has 0 fully saturated rings.